The Morgan fingerprint density at radius 3 is 2.74 bits per heavy atom. The van der Waals surface area contributed by atoms with Gasteiger partial charge in [-0.25, -0.2) is 9.97 Å². The molecule has 0 unspecified atom stereocenters. The number of rotatable bonds is 6. The fraction of sp³-hybridized carbons (Fsp3) is 0.393. The fourth-order valence-corrected chi connectivity index (χ4v) is 5.30. The van der Waals surface area contributed by atoms with Gasteiger partial charge in [-0.15, -0.1) is 0 Å². The SMILES string of the molecule is O=C(c1cnc(N2CCCCC2)nc1-c1ccccc1Cl)N(Cc1ccc2c(c1)CCO2)C1CC1. The number of aromatic nitrogens is 2. The highest BCUT2D eigenvalue weighted by molar-refractivity contribution is 6.33. The maximum Gasteiger partial charge on any atom is 0.258 e. The number of ether oxygens (including phenoxy) is 1. The number of benzene rings is 2. The maximum absolute atomic E-state index is 14.0. The third kappa shape index (κ3) is 4.59. The highest BCUT2D eigenvalue weighted by atomic mass is 35.5. The Hall–Kier alpha value is -3.12. The first-order valence-electron chi connectivity index (χ1n) is 12.6. The van der Waals surface area contributed by atoms with Gasteiger partial charge in [-0.1, -0.05) is 41.9 Å². The maximum atomic E-state index is 14.0. The minimum Gasteiger partial charge on any atom is -0.493 e. The normalized spacial score (nSPS) is 17.1. The molecule has 0 radical (unpaired) electrons. The molecule has 0 bridgehead atoms. The van der Waals surface area contributed by atoms with Crippen molar-refractivity contribution in [1.82, 2.24) is 14.9 Å². The van der Waals surface area contributed by atoms with Gasteiger partial charge in [0.05, 0.1) is 17.9 Å². The first kappa shape index (κ1) is 22.4. The average molecular weight is 489 g/mol. The lowest BCUT2D eigenvalue weighted by atomic mass is 10.0. The van der Waals surface area contributed by atoms with Crippen LogP contribution >= 0.6 is 11.6 Å². The third-order valence-corrected chi connectivity index (χ3v) is 7.46. The summed E-state index contributed by atoms with van der Waals surface area (Å²) in [5.41, 5.74) is 4.24. The van der Waals surface area contributed by atoms with E-state index in [1.54, 1.807) is 6.20 Å². The largest absolute Gasteiger partial charge is 0.493 e. The number of carbonyl (C=O) groups excluding carboxylic acids is 1. The summed E-state index contributed by atoms with van der Waals surface area (Å²) in [6.45, 7) is 3.16. The van der Waals surface area contributed by atoms with Crippen molar-refractivity contribution in [3.05, 3.63) is 70.4 Å². The molecule has 1 amide bonds. The van der Waals surface area contributed by atoms with E-state index in [1.807, 2.05) is 35.2 Å². The van der Waals surface area contributed by atoms with E-state index < -0.39 is 0 Å². The predicted octanol–water partition coefficient (Wildman–Crippen LogP) is 5.53. The van der Waals surface area contributed by atoms with E-state index in [0.717, 1.165) is 68.7 Å². The van der Waals surface area contributed by atoms with Crippen molar-refractivity contribution >= 4 is 23.5 Å². The van der Waals surface area contributed by atoms with Crippen molar-refractivity contribution in [2.45, 2.75) is 51.1 Å². The standard InChI is InChI=1S/C28H29ClN4O2/c29-24-7-3-2-6-22(24)26-23(17-30-28(31-26)32-13-4-1-5-14-32)27(34)33(21-9-10-21)18-19-8-11-25-20(16-19)12-15-35-25/h2-3,6-8,11,16-17,21H,1,4-5,9-10,12-15,18H2. The summed E-state index contributed by atoms with van der Waals surface area (Å²) >= 11 is 6.60. The number of anilines is 1. The lowest BCUT2D eigenvalue weighted by Crippen LogP contribution is -2.34. The van der Waals surface area contributed by atoms with Gasteiger partial charge >= 0.3 is 0 Å². The second kappa shape index (κ2) is 9.50. The molecule has 1 aromatic heterocycles. The molecule has 0 N–H and O–H groups in total. The average Bonchev–Trinajstić information content (AvgIpc) is 3.64. The number of amides is 1. The van der Waals surface area contributed by atoms with Crippen LogP contribution in [0.2, 0.25) is 5.02 Å². The molecular formula is C28H29ClN4O2. The smallest absolute Gasteiger partial charge is 0.258 e. The van der Waals surface area contributed by atoms with E-state index in [4.69, 9.17) is 21.3 Å². The molecule has 1 saturated heterocycles. The molecule has 7 heteroatoms. The molecule has 180 valence electrons. The topological polar surface area (TPSA) is 58.6 Å². The summed E-state index contributed by atoms with van der Waals surface area (Å²) in [7, 11) is 0. The Balaban J connectivity index is 1.36. The zero-order valence-corrected chi connectivity index (χ0v) is 20.5. The first-order valence-corrected chi connectivity index (χ1v) is 13.0. The lowest BCUT2D eigenvalue weighted by Gasteiger charge is -2.28. The Kier molecular flexibility index (Phi) is 6.06. The summed E-state index contributed by atoms with van der Waals surface area (Å²) in [6.07, 6.45) is 8.17. The molecule has 0 spiro atoms. The molecule has 0 atom stereocenters. The number of carbonyl (C=O) groups is 1. The van der Waals surface area contributed by atoms with Crippen LogP contribution < -0.4 is 9.64 Å². The summed E-state index contributed by atoms with van der Waals surface area (Å²) in [4.78, 5) is 27.8. The van der Waals surface area contributed by atoms with Crippen LogP contribution in [0.1, 0.15) is 53.6 Å². The van der Waals surface area contributed by atoms with Crippen LogP contribution in [-0.4, -0.2) is 46.5 Å². The predicted molar refractivity (Wildman–Crippen MR) is 137 cm³/mol. The summed E-state index contributed by atoms with van der Waals surface area (Å²) in [5.74, 6) is 1.60. The Morgan fingerprint density at radius 1 is 1.11 bits per heavy atom. The molecule has 2 aromatic carbocycles. The van der Waals surface area contributed by atoms with Gasteiger partial charge in [0.25, 0.3) is 5.91 Å². The Labute approximate surface area is 210 Å². The van der Waals surface area contributed by atoms with E-state index in [-0.39, 0.29) is 11.9 Å². The lowest BCUT2D eigenvalue weighted by molar-refractivity contribution is 0.0730. The van der Waals surface area contributed by atoms with Crippen LogP contribution in [0.3, 0.4) is 0 Å². The van der Waals surface area contributed by atoms with Crippen molar-refractivity contribution in [2.24, 2.45) is 0 Å². The van der Waals surface area contributed by atoms with Gasteiger partial charge in [0.1, 0.15) is 5.75 Å². The van der Waals surface area contributed by atoms with Gasteiger partial charge in [-0.05, 0) is 55.4 Å². The summed E-state index contributed by atoms with van der Waals surface area (Å²) in [6, 6.07) is 14.1. The second-order valence-electron chi connectivity index (χ2n) is 9.66. The summed E-state index contributed by atoms with van der Waals surface area (Å²) in [5, 5.41) is 0.585. The molecule has 2 aliphatic heterocycles. The highest BCUT2D eigenvalue weighted by Gasteiger charge is 2.35. The van der Waals surface area contributed by atoms with Gasteiger partial charge in [0, 0.05) is 48.9 Å². The van der Waals surface area contributed by atoms with E-state index in [2.05, 4.69) is 22.0 Å². The number of piperidine rings is 1. The van der Waals surface area contributed by atoms with Crippen LogP contribution in [0, 0.1) is 0 Å². The Morgan fingerprint density at radius 2 is 1.94 bits per heavy atom. The van der Waals surface area contributed by atoms with Crippen LogP contribution in [0.15, 0.2) is 48.7 Å². The van der Waals surface area contributed by atoms with Crippen molar-refractivity contribution in [3.63, 3.8) is 0 Å². The molecule has 6 nitrogen and oxygen atoms in total. The molecule has 1 saturated carbocycles. The van der Waals surface area contributed by atoms with Crippen molar-refractivity contribution < 1.29 is 9.53 Å². The van der Waals surface area contributed by atoms with Crippen molar-refractivity contribution in [3.8, 4) is 17.0 Å². The van der Waals surface area contributed by atoms with Crippen LogP contribution in [0.25, 0.3) is 11.3 Å². The second-order valence-corrected chi connectivity index (χ2v) is 10.1. The van der Waals surface area contributed by atoms with Gasteiger partial charge in [0.2, 0.25) is 5.95 Å². The van der Waals surface area contributed by atoms with E-state index >= 15 is 0 Å². The number of hydrogen-bond donors (Lipinski definition) is 0. The molecule has 3 heterocycles. The number of fused-ring (bicyclic) bond motifs is 1. The van der Waals surface area contributed by atoms with E-state index in [0.29, 0.717) is 28.8 Å². The Bertz CT molecular complexity index is 1250. The highest BCUT2D eigenvalue weighted by Crippen LogP contribution is 2.35. The number of nitrogens with zero attached hydrogens (tertiary/aromatic N) is 4. The molecule has 3 aromatic rings. The first-order chi connectivity index (χ1) is 17.2. The monoisotopic (exact) mass is 488 g/mol. The van der Waals surface area contributed by atoms with Gasteiger partial charge in [-0.3, -0.25) is 4.79 Å². The molecule has 35 heavy (non-hydrogen) atoms. The zero-order chi connectivity index (χ0) is 23.8. The zero-order valence-electron chi connectivity index (χ0n) is 19.8. The minimum atomic E-state index is -0.0376. The quantitative estimate of drug-likeness (QED) is 0.456. The molecule has 1 aliphatic carbocycles. The number of hydrogen-bond acceptors (Lipinski definition) is 5. The van der Waals surface area contributed by atoms with Crippen molar-refractivity contribution in [2.75, 3.05) is 24.6 Å². The molecule has 6 rings (SSSR count). The van der Waals surface area contributed by atoms with Crippen LogP contribution in [0.5, 0.6) is 5.75 Å². The van der Waals surface area contributed by atoms with Crippen molar-refractivity contribution in [1.29, 1.82) is 0 Å². The van der Waals surface area contributed by atoms with Crippen LogP contribution in [-0.2, 0) is 13.0 Å². The van der Waals surface area contributed by atoms with Crippen LogP contribution in [0.4, 0.5) is 5.95 Å². The third-order valence-electron chi connectivity index (χ3n) is 7.13. The van der Waals surface area contributed by atoms with E-state index in [1.165, 1.54) is 12.0 Å². The number of halogens is 1. The molecule has 2 fully saturated rings. The fourth-order valence-electron chi connectivity index (χ4n) is 5.08. The minimum absolute atomic E-state index is 0.0376. The van der Waals surface area contributed by atoms with E-state index in [9.17, 15) is 4.79 Å². The summed E-state index contributed by atoms with van der Waals surface area (Å²) < 4.78 is 5.66. The molecule has 3 aliphatic rings. The van der Waals surface area contributed by atoms with Gasteiger partial charge in [-0.2, -0.15) is 0 Å². The molecular weight excluding hydrogens is 460 g/mol. The van der Waals surface area contributed by atoms with Gasteiger partial charge in [0.15, 0.2) is 0 Å². The van der Waals surface area contributed by atoms with Gasteiger partial charge < -0.3 is 14.5 Å².